The normalized spacial score (nSPS) is 11.2. The van der Waals surface area contributed by atoms with E-state index in [1.807, 2.05) is 42.5 Å². The molecular formula is C21H12N4O. The van der Waals surface area contributed by atoms with Crippen molar-refractivity contribution in [1.82, 2.24) is 9.97 Å². The number of fused-ring (bicyclic) bond motifs is 1. The van der Waals surface area contributed by atoms with Crippen molar-refractivity contribution in [2.45, 2.75) is 0 Å². The first-order valence-corrected chi connectivity index (χ1v) is 7.94. The number of aromatic nitrogens is 2. The van der Waals surface area contributed by atoms with E-state index in [4.69, 9.17) is 9.68 Å². The highest BCUT2D eigenvalue weighted by Crippen LogP contribution is 2.25. The maximum atomic E-state index is 9.50. The number of benzene rings is 2. The van der Waals surface area contributed by atoms with Gasteiger partial charge in [0.25, 0.3) is 0 Å². The van der Waals surface area contributed by atoms with Gasteiger partial charge < -0.3 is 9.40 Å². The fraction of sp³-hybridized carbons (Fsp3) is 0. The van der Waals surface area contributed by atoms with Crippen LogP contribution in [0.15, 0.2) is 65.1 Å². The van der Waals surface area contributed by atoms with Crippen LogP contribution in [0.3, 0.4) is 0 Å². The lowest BCUT2D eigenvalue weighted by Crippen LogP contribution is -1.84. The van der Waals surface area contributed by atoms with E-state index in [0.29, 0.717) is 28.5 Å². The van der Waals surface area contributed by atoms with Gasteiger partial charge in [-0.1, -0.05) is 12.1 Å². The number of nitriles is 2. The summed E-state index contributed by atoms with van der Waals surface area (Å²) in [6, 6.07) is 22.6. The summed E-state index contributed by atoms with van der Waals surface area (Å²) >= 11 is 0. The van der Waals surface area contributed by atoms with E-state index < -0.39 is 0 Å². The van der Waals surface area contributed by atoms with Crippen LogP contribution in [-0.2, 0) is 0 Å². The van der Waals surface area contributed by atoms with Crippen molar-refractivity contribution in [2.24, 2.45) is 0 Å². The predicted octanol–water partition coefficient (Wildman–Crippen LogP) is 4.76. The van der Waals surface area contributed by atoms with E-state index in [-0.39, 0.29) is 0 Å². The Morgan fingerprint density at radius 1 is 1.00 bits per heavy atom. The number of furan rings is 1. The van der Waals surface area contributed by atoms with Gasteiger partial charge in [0.1, 0.15) is 23.4 Å². The fourth-order valence-corrected chi connectivity index (χ4v) is 2.67. The van der Waals surface area contributed by atoms with Crippen LogP contribution >= 0.6 is 0 Å². The number of hydrogen-bond donors (Lipinski definition) is 1. The Kier molecular flexibility index (Phi) is 3.82. The van der Waals surface area contributed by atoms with Crippen LogP contribution in [0.1, 0.15) is 17.1 Å². The number of imidazole rings is 1. The van der Waals surface area contributed by atoms with Crippen molar-refractivity contribution in [3.63, 3.8) is 0 Å². The van der Waals surface area contributed by atoms with Crippen molar-refractivity contribution >= 4 is 22.7 Å². The maximum absolute atomic E-state index is 9.50. The minimum atomic E-state index is 0.391. The number of aromatic amines is 1. The lowest BCUT2D eigenvalue weighted by molar-refractivity contribution is 0.572. The molecule has 0 fully saturated rings. The van der Waals surface area contributed by atoms with Crippen molar-refractivity contribution < 1.29 is 4.42 Å². The molecule has 0 saturated heterocycles. The van der Waals surface area contributed by atoms with Gasteiger partial charge in [-0.2, -0.15) is 10.5 Å². The van der Waals surface area contributed by atoms with Gasteiger partial charge in [-0.3, -0.25) is 0 Å². The Bertz CT molecular complexity index is 1160. The van der Waals surface area contributed by atoms with Crippen LogP contribution in [0.2, 0.25) is 0 Å². The van der Waals surface area contributed by atoms with Crippen molar-refractivity contribution in [2.75, 3.05) is 0 Å². The van der Waals surface area contributed by atoms with Gasteiger partial charge in [-0.15, -0.1) is 0 Å². The van der Waals surface area contributed by atoms with E-state index in [1.54, 1.807) is 24.3 Å². The van der Waals surface area contributed by atoms with E-state index >= 15 is 0 Å². The first kappa shape index (κ1) is 15.4. The van der Waals surface area contributed by atoms with E-state index in [1.165, 1.54) is 0 Å². The van der Waals surface area contributed by atoms with Gasteiger partial charge in [0.2, 0.25) is 0 Å². The molecule has 0 atom stereocenters. The third kappa shape index (κ3) is 2.86. The van der Waals surface area contributed by atoms with Crippen LogP contribution < -0.4 is 0 Å². The van der Waals surface area contributed by atoms with Crippen molar-refractivity contribution in [1.29, 1.82) is 10.5 Å². The van der Waals surface area contributed by atoms with Crippen LogP contribution in [0.4, 0.5) is 0 Å². The summed E-state index contributed by atoms with van der Waals surface area (Å²) in [7, 11) is 0. The summed E-state index contributed by atoms with van der Waals surface area (Å²) < 4.78 is 5.82. The van der Waals surface area contributed by atoms with Crippen LogP contribution in [0.5, 0.6) is 0 Å². The second-order valence-corrected chi connectivity index (χ2v) is 5.66. The maximum Gasteiger partial charge on any atom is 0.149 e. The molecule has 2 aromatic heterocycles. The molecule has 1 N–H and O–H groups in total. The molecule has 5 heteroatoms. The van der Waals surface area contributed by atoms with Crippen molar-refractivity contribution in [3.8, 4) is 23.5 Å². The Morgan fingerprint density at radius 2 is 1.81 bits per heavy atom. The van der Waals surface area contributed by atoms with Gasteiger partial charge in [-0.05, 0) is 48.5 Å². The minimum Gasteiger partial charge on any atom is -0.457 e. The molecule has 0 aliphatic heterocycles. The largest absolute Gasteiger partial charge is 0.457 e. The average molecular weight is 336 g/mol. The summed E-state index contributed by atoms with van der Waals surface area (Å²) in [6.45, 7) is 0. The SMILES string of the molecule is N#CC(=Cc1ccc(-c2ccc(C#N)cc2)o1)c1nc2ccccc2[nH]1. The molecule has 26 heavy (non-hydrogen) atoms. The summed E-state index contributed by atoms with van der Waals surface area (Å²) in [4.78, 5) is 7.59. The van der Waals surface area contributed by atoms with Gasteiger partial charge in [0.15, 0.2) is 0 Å². The smallest absolute Gasteiger partial charge is 0.149 e. The Hall–Kier alpha value is -4.09. The van der Waals surface area contributed by atoms with E-state index in [0.717, 1.165) is 16.6 Å². The second kappa shape index (κ2) is 6.43. The highest BCUT2D eigenvalue weighted by Gasteiger charge is 2.10. The predicted molar refractivity (Wildman–Crippen MR) is 98.4 cm³/mol. The molecular weight excluding hydrogens is 324 g/mol. The lowest BCUT2D eigenvalue weighted by Gasteiger charge is -1.96. The number of rotatable bonds is 3. The fourth-order valence-electron chi connectivity index (χ4n) is 2.67. The van der Waals surface area contributed by atoms with Gasteiger partial charge in [-0.25, -0.2) is 4.98 Å². The average Bonchev–Trinajstić information content (AvgIpc) is 3.33. The summed E-state index contributed by atoms with van der Waals surface area (Å²) in [5.74, 6) is 1.73. The third-order valence-electron chi connectivity index (χ3n) is 3.98. The Morgan fingerprint density at radius 3 is 2.54 bits per heavy atom. The molecule has 0 saturated carbocycles. The molecule has 122 valence electrons. The minimum absolute atomic E-state index is 0.391. The van der Waals surface area contributed by atoms with Crippen LogP contribution in [0, 0.1) is 22.7 Å². The number of para-hydroxylation sites is 2. The number of H-pyrrole nitrogens is 1. The molecule has 0 amide bonds. The first-order valence-electron chi connectivity index (χ1n) is 7.94. The molecule has 0 bridgehead atoms. The van der Waals surface area contributed by atoms with Gasteiger partial charge >= 0.3 is 0 Å². The molecule has 0 radical (unpaired) electrons. The molecule has 0 aliphatic rings. The summed E-state index contributed by atoms with van der Waals surface area (Å²) in [5, 5.41) is 18.4. The molecule has 2 heterocycles. The molecule has 2 aromatic carbocycles. The number of nitrogens with one attached hydrogen (secondary N) is 1. The number of hydrogen-bond acceptors (Lipinski definition) is 4. The Labute approximate surface area is 149 Å². The molecule has 4 rings (SSSR count). The standard InChI is InChI=1S/C21H12N4O/c22-12-14-5-7-15(8-6-14)20-10-9-17(26-20)11-16(13-23)21-24-18-3-1-2-4-19(18)25-21/h1-11H,(H,24,25). The van der Waals surface area contributed by atoms with Gasteiger partial charge in [0, 0.05) is 11.6 Å². The van der Waals surface area contributed by atoms with Crippen LogP contribution in [0.25, 0.3) is 34.0 Å². The van der Waals surface area contributed by atoms with Crippen molar-refractivity contribution in [3.05, 3.63) is 77.8 Å². The zero-order valence-corrected chi connectivity index (χ0v) is 13.6. The summed E-state index contributed by atoms with van der Waals surface area (Å²) in [6.07, 6.45) is 1.66. The zero-order chi connectivity index (χ0) is 17.9. The van der Waals surface area contributed by atoms with E-state index in [9.17, 15) is 5.26 Å². The monoisotopic (exact) mass is 336 g/mol. The zero-order valence-electron chi connectivity index (χ0n) is 13.6. The highest BCUT2D eigenvalue weighted by atomic mass is 16.3. The molecule has 0 aliphatic carbocycles. The quantitative estimate of drug-likeness (QED) is 0.546. The second-order valence-electron chi connectivity index (χ2n) is 5.66. The van der Waals surface area contributed by atoms with E-state index in [2.05, 4.69) is 22.1 Å². The lowest BCUT2D eigenvalue weighted by atomic mass is 10.1. The Balaban J connectivity index is 1.67. The molecule has 0 spiro atoms. The highest BCUT2D eigenvalue weighted by molar-refractivity contribution is 5.89. The summed E-state index contributed by atoms with van der Waals surface area (Å²) in [5.41, 5.74) is 3.53. The molecule has 5 nitrogen and oxygen atoms in total. The number of allylic oxidation sites excluding steroid dienone is 1. The van der Waals surface area contributed by atoms with Gasteiger partial charge in [0.05, 0.1) is 28.2 Å². The molecule has 0 unspecified atom stereocenters. The topological polar surface area (TPSA) is 89.4 Å². The first-order chi connectivity index (χ1) is 12.8. The van der Waals surface area contributed by atoms with Crippen LogP contribution in [-0.4, -0.2) is 9.97 Å². The number of nitrogens with zero attached hydrogens (tertiary/aromatic N) is 3. The third-order valence-corrected chi connectivity index (χ3v) is 3.98. The molecule has 4 aromatic rings.